The molecular formula is C23H19N3O3. The molecule has 4 rings (SSSR count). The van der Waals surface area contributed by atoms with Gasteiger partial charge in [-0.3, -0.25) is 9.59 Å². The Morgan fingerprint density at radius 3 is 2.38 bits per heavy atom. The molecule has 0 fully saturated rings. The Morgan fingerprint density at radius 1 is 0.931 bits per heavy atom. The minimum atomic E-state index is -0.414. The number of rotatable bonds is 5. The van der Waals surface area contributed by atoms with Gasteiger partial charge in [0, 0.05) is 11.8 Å². The van der Waals surface area contributed by atoms with Crippen LogP contribution in [-0.2, 0) is 0 Å². The van der Waals surface area contributed by atoms with Crippen LogP contribution in [0, 0.1) is 0 Å². The minimum Gasteiger partial charge on any atom is -0.495 e. The third-order valence-electron chi connectivity index (χ3n) is 4.71. The molecule has 2 aromatic carbocycles. The summed E-state index contributed by atoms with van der Waals surface area (Å²) in [6, 6.07) is 21.3. The molecule has 0 spiro atoms. The Morgan fingerprint density at radius 2 is 1.62 bits per heavy atom. The molecule has 6 nitrogen and oxygen atoms in total. The van der Waals surface area contributed by atoms with Crippen molar-refractivity contribution in [3.05, 3.63) is 95.8 Å². The van der Waals surface area contributed by atoms with Crippen LogP contribution in [-0.4, -0.2) is 23.2 Å². The van der Waals surface area contributed by atoms with Crippen molar-refractivity contribution in [3.63, 3.8) is 0 Å². The zero-order chi connectivity index (χ0) is 20.4. The van der Waals surface area contributed by atoms with Crippen molar-refractivity contribution in [2.45, 2.75) is 0 Å². The number of carbonyl (C=O) groups excluding carboxylic acids is 2. The van der Waals surface area contributed by atoms with Gasteiger partial charge in [-0.2, -0.15) is 0 Å². The van der Waals surface area contributed by atoms with Crippen molar-refractivity contribution in [1.29, 1.82) is 0 Å². The number of anilines is 2. The summed E-state index contributed by atoms with van der Waals surface area (Å²) in [6.07, 6.45) is 1.72. The molecule has 0 saturated carbocycles. The topological polar surface area (TPSA) is 85.8 Å². The number of hydrogen-bond acceptors (Lipinski definition) is 4. The van der Waals surface area contributed by atoms with Crippen LogP contribution in [0.4, 0.5) is 11.4 Å². The maximum atomic E-state index is 13.1. The van der Waals surface area contributed by atoms with Gasteiger partial charge in [-0.1, -0.05) is 48.5 Å². The number of carbonyl (C=O) groups is 2. The highest BCUT2D eigenvalue weighted by Crippen LogP contribution is 2.30. The number of ketones is 1. The average Bonchev–Trinajstić information content (AvgIpc) is 3.06. The van der Waals surface area contributed by atoms with Crippen molar-refractivity contribution in [2.75, 3.05) is 18.2 Å². The number of nitrogen functional groups attached to an aromatic ring is 1. The van der Waals surface area contributed by atoms with E-state index in [2.05, 4.69) is 5.32 Å². The van der Waals surface area contributed by atoms with Crippen LogP contribution in [0.15, 0.2) is 79.0 Å². The van der Waals surface area contributed by atoms with Crippen molar-refractivity contribution < 1.29 is 14.3 Å². The third-order valence-corrected chi connectivity index (χ3v) is 4.71. The first-order valence-corrected chi connectivity index (χ1v) is 9.04. The number of benzene rings is 2. The fraction of sp³-hybridized carbons (Fsp3) is 0.0435. The van der Waals surface area contributed by atoms with E-state index in [0.29, 0.717) is 22.5 Å². The number of methoxy groups -OCH3 is 1. The molecule has 1 amide bonds. The SMILES string of the molecule is COc1ccccc1NC(=O)c1c(N)c(C(=O)c2ccccc2)n2ccccc12. The molecule has 0 aliphatic carbocycles. The Hall–Kier alpha value is -4.06. The highest BCUT2D eigenvalue weighted by atomic mass is 16.5. The second kappa shape index (κ2) is 7.52. The predicted octanol–water partition coefficient (Wildman–Crippen LogP) is 4.01. The molecule has 0 aliphatic rings. The summed E-state index contributed by atoms with van der Waals surface area (Å²) in [5.41, 5.74) is 8.56. The molecule has 0 bridgehead atoms. The van der Waals surface area contributed by atoms with E-state index in [-0.39, 0.29) is 22.7 Å². The van der Waals surface area contributed by atoms with Crippen LogP contribution in [0.1, 0.15) is 26.4 Å². The monoisotopic (exact) mass is 385 g/mol. The summed E-state index contributed by atoms with van der Waals surface area (Å²) in [6.45, 7) is 0. The Kier molecular flexibility index (Phi) is 4.75. The normalized spacial score (nSPS) is 10.7. The first-order valence-electron chi connectivity index (χ1n) is 9.04. The Labute approximate surface area is 167 Å². The molecule has 3 N–H and O–H groups in total. The Balaban J connectivity index is 1.83. The zero-order valence-electron chi connectivity index (χ0n) is 15.8. The van der Waals surface area contributed by atoms with Gasteiger partial charge in [0.2, 0.25) is 5.78 Å². The summed E-state index contributed by atoms with van der Waals surface area (Å²) >= 11 is 0. The van der Waals surface area contributed by atoms with Gasteiger partial charge in [-0.25, -0.2) is 0 Å². The van der Waals surface area contributed by atoms with E-state index in [1.807, 2.05) is 12.1 Å². The van der Waals surface area contributed by atoms with Gasteiger partial charge in [0.1, 0.15) is 11.4 Å². The van der Waals surface area contributed by atoms with Gasteiger partial charge in [0.25, 0.3) is 5.91 Å². The third kappa shape index (κ3) is 3.21. The van der Waals surface area contributed by atoms with Gasteiger partial charge < -0.3 is 20.2 Å². The van der Waals surface area contributed by atoms with Crippen LogP contribution >= 0.6 is 0 Å². The lowest BCUT2D eigenvalue weighted by atomic mass is 10.1. The zero-order valence-corrected chi connectivity index (χ0v) is 15.8. The first-order chi connectivity index (χ1) is 14.1. The van der Waals surface area contributed by atoms with Crippen LogP contribution < -0.4 is 15.8 Å². The summed E-state index contributed by atoms with van der Waals surface area (Å²) in [4.78, 5) is 26.2. The van der Waals surface area contributed by atoms with Crippen LogP contribution in [0.2, 0.25) is 0 Å². The van der Waals surface area contributed by atoms with Gasteiger partial charge in [0.15, 0.2) is 0 Å². The van der Waals surface area contributed by atoms with Gasteiger partial charge in [-0.15, -0.1) is 0 Å². The second-order valence-electron chi connectivity index (χ2n) is 6.44. The number of amides is 1. The lowest BCUT2D eigenvalue weighted by Crippen LogP contribution is -2.14. The van der Waals surface area contributed by atoms with Crippen LogP contribution in [0.25, 0.3) is 5.52 Å². The van der Waals surface area contributed by atoms with E-state index in [9.17, 15) is 9.59 Å². The maximum absolute atomic E-state index is 13.1. The molecule has 6 heteroatoms. The van der Waals surface area contributed by atoms with Crippen molar-refractivity contribution in [3.8, 4) is 5.75 Å². The molecule has 0 aliphatic heterocycles. The standard InChI is InChI=1S/C23H19N3O3/c1-29-18-13-6-5-11-16(18)25-23(28)19-17-12-7-8-14-26(17)21(20(19)24)22(27)15-9-3-2-4-10-15/h2-14H,24H2,1H3,(H,25,28). The fourth-order valence-corrected chi connectivity index (χ4v) is 3.36. The largest absolute Gasteiger partial charge is 0.495 e. The number of fused-ring (bicyclic) bond motifs is 1. The summed E-state index contributed by atoms with van der Waals surface area (Å²) in [7, 11) is 1.53. The number of nitrogens with zero attached hydrogens (tertiary/aromatic N) is 1. The Bertz CT molecular complexity index is 1210. The number of hydrogen-bond donors (Lipinski definition) is 2. The molecule has 0 atom stereocenters. The molecule has 29 heavy (non-hydrogen) atoms. The fourth-order valence-electron chi connectivity index (χ4n) is 3.36. The van der Waals surface area contributed by atoms with E-state index in [1.165, 1.54) is 7.11 Å². The van der Waals surface area contributed by atoms with Gasteiger partial charge in [-0.05, 0) is 24.3 Å². The average molecular weight is 385 g/mol. The lowest BCUT2D eigenvalue weighted by molar-refractivity contribution is 0.102. The summed E-state index contributed by atoms with van der Waals surface area (Å²) in [5.74, 6) is -0.132. The van der Waals surface area contributed by atoms with E-state index >= 15 is 0 Å². The van der Waals surface area contributed by atoms with Crippen molar-refractivity contribution in [2.24, 2.45) is 0 Å². The molecular weight excluding hydrogens is 366 g/mol. The molecule has 0 radical (unpaired) electrons. The number of para-hydroxylation sites is 2. The first kappa shape index (κ1) is 18.3. The molecule has 4 aromatic rings. The number of nitrogens with one attached hydrogen (secondary N) is 1. The summed E-state index contributed by atoms with van der Waals surface area (Å²) in [5, 5.41) is 2.83. The number of nitrogens with two attached hydrogens (primary N) is 1. The van der Waals surface area contributed by atoms with Crippen LogP contribution in [0.3, 0.4) is 0 Å². The van der Waals surface area contributed by atoms with Crippen molar-refractivity contribution >= 4 is 28.6 Å². The van der Waals surface area contributed by atoms with Crippen LogP contribution in [0.5, 0.6) is 5.75 Å². The quantitative estimate of drug-likeness (QED) is 0.508. The highest BCUT2D eigenvalue weighted by molar-refractivity contribution is 6.20. The number of pyridine rings is 1. The van der Waals surface area contributed by atoms with Crippen molar-refractivity contribution in [1.82, 2.24) is 4.40 Å². The number of ether oxygens (including phenoxy) is 1. The molecule has 2 aromatic heterocycles. The van der Waals surface area contributed by atoms with E-state index in [0.717, 1.165) is 0 Å². The van der Waals surface area contributed by atoms with Gasteiger partial charge in [0.05, 0.1) is 29.6 Å². The summed E-state index contributed by atoms with van der Waals surface area (Å²) < 4.78 is 6.95. The highest BCUT2D eigenvalue weighted by Gasteiger charge is 2.26. The predicted molar refractivity (Wildman–Crippen MR) is 113 cm³/mol. The lowest BCUT2D eigenvalue weighted by Gasteiger charge is -2.10. The maximum Gasteiger partial charge on any atom is 0.260 e. The smallest absolute Gasteiger partial charge is 0.260 e. The molecule has 2 heterocycles. The molecule has 144 valence electrons. The number of aromatic nitrogens is 1. The van der Waals surface area contributed by atoms with E-state index in [4.69, 9.17) is 10.5 Å². The van der Waals surface area contributed by atoms with E-state index < -0.39 is 5.91 Å². The molecule has 0 saturated heterocycles. The molecule has 0 unspecified atom stereocenters. The van der Waals surface area contributed by atoms with Gasteiger partial charge >= 0.3 is 0 Å². The second-order valence-corrected chi connectivity index (χ2v) is 6.44. The minimum absolute atomic E-state index is 0.137. The van der Waals surface area contributed by atoms with E-state index in [1.54, 1.807) is 71.3 Å².